The van der Waals surface area contributed by atoms with E-state index >= 15 is 0 Å². The van der Waals surface area contributed by atoms with Crippen molar-refractivity contribution in [2.45, 2.75) is 9.92 Å². The van der Waals surface area contributed by atoms with Crippen LogP contribution in [0.5, 0.6) is 11.5 Å². The van der Waals surface area contributed by atoms with Crippen LogP contribution in [0.4, 0.5) is 17.2 Å². The van der Waals surface area contributed by atoms with Gasteiger partial charge in [0.1, 0.15) is 28.5 Å². The summed E-state index contributed by atoms with van der Waals surface area (Å²) in [6, 6.07) is 27.3. The zero-order chi connectivity index (χ0) is 19.2. The Morgan fingerprint density at radius 1 is 0.750 bits per heavy atom. The molecule has 5 nitrogen and oxygen atoms in total. The lowest BCUT2D eigenvalue weighted by atomic mass is 10.3. The highest BCUT2D eigenvalue weighted by molar-refractivity contribution is 7.99. The van der Waals surface area contributed by atoms with Gasteiger partial charge < -0.3 is 15.8 Å². The number of nitrogens with zero attached hydrogens (tertiary/aromatic N) is 2. The van der Waals surface area contributed by atoms with Crippen LogP contribution in [0, 0.1) is 0 Å². The normalized spacial score (nSPS) is 10.4. The number of ether oxygens (including phenoxy) is 1. The first-order valence-electron chi connectivity index (χ1n) is 8.71. The maximum absolute atomic E-state index is 6.28. The first-order valence-corrected chi connectivity index (χ1v) is 9.53. The maximum atomic E-state index is 6.28. The summed E-state index contributed by atoms with van der Waals surface area (Å²) in [7, 11) is 0. The molecule has 28 heavy (non-hydrogen) atoms. The summed E-state index contributed by atoms with van der Waals surface area (Å²) in [5.41, 5.74) is 7.66. The molecule has 4 rings (SSSR count). The monoisotopic (exact) mass is 386 g/mol. The average Bonchev–Trinajstić information content (AvgIpc) is 2.74. The van der Waals surface area contributed by atoms with Gasteiger partial charge in [-0.25, -0.2) is 9.97 Å². The van der Waals surface area contributed by atoms with Gasteiger partial charge in [0.25, 0.3) is 0 Å². The molecule has 0 radical (unpaired) electrons. The maximum Gasteiger partial charge on any atom is 0.158 e. The van der Waals surface area contributed by atoms with Gasteiger partial charge in [0, 0.05) is 10.6 Å². The van der Waals surface area contributed by atoms with E-state index in [1.807, 2.05) is 84.9 Å². The van der Waals surface area contributed by atoms with Crippen LogP contribution in [0.3, 0.4) is 0 Å². The van der Waals surface area contributed by atoms with Gasteiger partial charge >= 0.3 is 0 Å². The third-order valence-electron chi connectivity index (χ3n) is 3.90. The molecule has 0 saturated heterocycles. The molecule has 0 saturated carbocycles. The number of nitrogen functional groups attached to an aromatic ring is 1. The number of nitrogens with one attached hydrogen (secondary N) is 1. The molecule has 0 aliphatic heterocycles. The Hall–Kier alpha value is -3.51. The fourth-order valence-corrected chi connectivity index (χ4v) is 3.35. The minimum atomic E-state index is 0.515. The summed E-state index contributed by atoms with van der Waals surface area (Å²) in [4.78, 5) is 9.65. The standard InChI is InChI=1S/C22H18N4OS/c23-20-21(24-15-25-22(20)28-19-9-5-2-6-10-19)26-16-11-13-18(14-12-16)27-17-7-3-1-4-8-17/h1-15H,23H2,(H,24,25,26). The molecule has 0 atom stereocenters. The van der Waals surface area contributed by atoms with Crippen molar-refractivity contribution in [2.75, 3.05) is 11.1 Å². The zero-order valence-corrected chi connectivity index (χ0v) is 15.8. The van der Waals surface area contributed by atoms with Crippen LogP contribution in [0.15, 0.2) is 101 Å². The molecule has 3 aromatic carbocycles. The zero-order valence-electron chi connectivity index (χ0n) is 14.9. The van der Waals surface area contributed by atoms with E-state index in [9.17, 15) is 0 Å². The minimum Gasteiger partial charge on any atom is -0.457 e. The SMILES string of the molecule is Nc1c(Nc2ccc(Oc3ccccc3)cc2)ncnc1Sc1ccccc1. The molecule has 0 fully saturated rings. The Balaban J connectivity index is 1.47. The van der Waals surface area contributed by atoms with Crippen molar-refractivity contribution in [1.82, 2.24) is 9.97 Å². The first-order chi connectivity index (χ1) is 13.8. The number of benzene rings is 3. The van der Waals surface area contributed by atoms with Crippen molar-refractivity contribution >= 4 is 29.0 Å². The second-order valence-corrected chi connectivity index (χ2v) is 6.98. The van der Waals surface area contributed by atoms with E-state index in [1.54, 1.807) is 0 Å². The number of nitrogens with two attached hydrogens (primary N) is 1. The third kappa shape index (κ3) is 4.42. The summed E-state index contributed by atoms with van der Waals surface area (Å²) in [6.07, 6.45) is 1.51. The lowest BCUT2D eigenvalue weighted by Crippen LogP contribution is -2.02. The molecule has 3 N–H and O–H groups in total. The minimum absolute atomic E-state index is 0.515. The largest absolute Gasteiger partial charge is 0.457 e. The molecule has 0 aliphatic carbocycles. The van der Waals surface area contributed by atoms with Crippen LogP contribution in [-0.2, 0) is 0 Å². The van der Waals surface area contributed by atoms with E-state index in [0.29, 0.717) is 16.5 Å². The first kappa shape index (κ1) is 17.9. The van der Waals surface area contributed by atoms with Crippen molar-refractivity contribution in [2.24, 2.45) is 0 Å². The Morgan fingerprint density at radius 3 is 2.11 bits per heavy atom. The lowest BCUT2D eigenvalue weighted by molar-refractivity contribution is 0.483. The van der Waals surface area contributed by atoms with Crippen LogP contribution in [0.1, 0.15) is 0 Å². The van der Waals surface area contributed by atoms with Crippen molar-refractivity contribution in [3.05, 3.63) is 91.3 Å². The number of anilines is 3. The quantitative estimate of drug-likeness (QED) is 0.411. The Morgan fingerprint density at radius 2 is 1.39 bits per heavy atom. The van der Waals surface area contributed by atoms with Gasteiger partial charge in [0.05, 0.1) is 0 Å². The fraction of sp³-hybridized carbons (Fsp3) is 0. The van der Waals surface area contributed by atoms with Crippen molar-refractivity contribution in [3.63, 3.8) is 0 Å². The van der Waals surface area contributed by atoms with Crippen LogP contribution in [-0.4, -0.2) is 9.97 Å². The highest BCUT2D eigenvalue weighted by atomic mass is 32.2. The lowest BCUT2D eigenvalue weighted by Gasteiger charge is -2.11. The molecule has 138 valence electrons. The summed E-state index contributed by atoms with van der Waals surface area (Å²) in [5.74, 6) is 2.13. The van der Waals surface area contributed by atoms with E-state index in [-0.39, 0.29) is 0 Å². The van der Waals surface area contributed by atoms with Gasteiger partial charge in [-0.1, -0.05) is 48.2 Å². The summed E-state index contributed by atoms with van der Waals surface area (Å²) < 4.78 is 5.81. The Bertz CT molecular complexity index is 1040. The number of rotatable bonds is 6. The molecular formula is C22H18N4OS. The van der Waals surface area contributed by atoms with Crippen molar-refractivity contribution < 1.29 is 4.74 Å². The second-order valence-electron chi connectivity index (χ2n) is 5.92. The summed E-state index contributed by atoms with van der Waals surface area (Å²) >= 11 is 1.51. The summed E-state index contributed by atoms with van der Waals surface area (Å²) in [6.45, 7) is 0. The molecular weight excluding hydrogens is 368 g/mol. The van der Waals surface area contributed by atoms with Crippen molar-refractivity contribution in [1.29, 1.82) is 0 Å². The number of hydrogen-bond acceptors (Lipinski definition) is 6. The van der Waals surface area contributed by atoms with Gasteiger partial charge in [0.2, 0.25) is 0 Å². The van der Waals surface area contributed by atoms with Crippen molar-refractivity contribution in [3.8, 4) is 11.5 Å². The predicted molar refractivity (Wildman–Crippen MR) is 113 cm³/mol. The van der Waals surface area contributed by atoms with Gasteiger partial charge in [-0.2, -0.15) is 0 Å². The topological polar surface area (TPSA) is 73.1 Å². The number of hydrogen-bond donors (Lipinski definition) is 2. The second kappa shape index (κ2) is 8.45. The molecule has 4 aromatic rings. The Labute approximate surface area is 167 Å². The van der Waals surface area contributed by atoms with Crippen LogP contribution in [0.2, 0.25) is 0 Å². The smallest absolute Gasteiger partial charge is 0.158 e. The number of aromatic nitrogens is 2. The molecule has 6 heteroatoms. The molecule has 1 aromatic heterocycles. The molecule has 0 bridgehead atoms. The van der Waals surface area contributed by atoms with Crippen LogP contribution >= 0.6 is 11.8 Å². The third-order valence-corrected chi connectivity index (χ3v) is 4.93. The van der Waals surface area contributed by atoms with E-state index < -0.39 is 0 Å². The van der Waals surface area contributed by atoms with Crippen LogP contribution < -0.4 is 15.8 Å². The molecule has 0 aliphatic rings. The Kier molecular flexibility index (Phi) is 5.40. The van der Waals surface area contributed by atoms with E-state index in [0.717, 1.165) is 22.1 Å². The molecule has 0 amide bonds. The molecule has 0 unspecified atom stereocenters. The highest BCUT2D eigenvalue weighted by Crippen LogP contribution is 2.34. The van der Waals surface area contributed by atoms with Gasteiger partial charge in [-0.15, -0.1) is 0 Å². The predicted octanol–water partition coefficient (Wildman–Crippen LogP) is 5.75. The molecule has 1 heterocycles. The summed E-state index contributed by atoms with van der Waals surface area (Å²) in [5, 5.41) is 3.96. The number of para-hydroxylation sites is 1. The van der Waals surface area contributed by atoms with E-state index in [2.05, 4.69) is 15.3 Å². The van der Waals surface area contributed by atoms with Gasteiger partial charge in [-0.3, -0.25) is 0 Å². The van der Waals surface area contributed by atoms with E-state index in [4.69, 9.17) is 10.5 Å². The fourth-order valence-electron chi connectivity index (χ4n) is 2.53. The highest BCUT2D eigenvalue weighted by Gasteiger charge is 2.10. The van der Waals surface area contributed by atoms with Crippen LogP contribution in [0.25, 0.3) is 0 Å². The van der Waals surface area contributed by atoms with Gasteiger partial charge in [-0.05, 0) is 48.5 Å². The average molecular weight is 386 g/mol. The molecule has 0 spiro atoms. The van der Waals surface area contributed by atoms with Gasteiger partial charge in [0.15, 0.2) is 5.82 Å². The van der Waals surface area contributed by atoms with E-state index in [1.165, 1.54) is 18.1 Å².